The van der Waals surface area contributed by atoms with Gasteiger partial charge in [-0.2, -0.15) is 24.2 Å². The van der Waals surface area contributed by atoms with Gasteiger partial charge in [-0.15, -0.1) is 0 Å². The van der Waals surface area contributed by atoms with E-state index in [1.165, 1.54) is 21.9 Å². The maximum atomic E-state index is 6.27. The Labute approximate surface area is 356 Å². The van der Waals surface area contributed by atoms with Crippen molar-refractivity contribution in [3.05, 3.63) is 57.6 Å². The summed E-state index contributed by atoms with van der Waals surface area (Å²) in [7, 11) is -10.2. The van der Waals surface area contributed by atoms with Crippen molar-refractivity contribution in [2.24, 2.45) is 0 Å². The third-order valence-corrected chi connectivity index (χ3v) is 44.8. The lowest BCUT2D eigenvalue weighted by atomic mass is 9.75. The number of hydrogen-bond donors (Lipinski definition) is 2. The second kappa shape index (κ2) is 15.6. The van der Waals surface area contributed by atoms with Crippen LogP contribution in [0.3, 0.4) is 0 Å². The topological polar surface area (TPSA) is 0 Å². The third-order valence-electron chi connectivity index (χ3n) is 11.7. The van der Waals surface area contributed by atoms with Crippen LogP contribution in [0.1, 0.15) is 111 Å². The van der Waals surface area contributed by atoms with Crippen molar-refractivity contribution in [3.8, 4) is 0 Å². The van der Waals surface area contributed by atoms with Crippen molar-refractivity contribution in [2.45, 2.75) is 212 Å². The highest BCUT2D eigenvalue weighted by molar-refractivity contribution is 8.48. The molecule has 0 radical (unpaired) electrons. The summed E-state index contributed by atoms with van der Waals surface area (Å²) < 4.78 is 0. The average Bonchev–Trinajstić information content (AvgIpc) is 2.80. The van der Waals surface area contributed by atoms with Gasteiger partial charge in [0.15, 0.2) is 0 Å². The van der Waals surface area contributed by atoms with Crippen LogP contribution in [0, 0.1) is 0 Å². The molecule has 0 bridgehead atoms. The molecule has 310 valence electrons. The van der Waals surface area contributed by atoms with Gasteiger partial charge in [-0.25, -0.2) is 0 Å². The van der Waals surface area contributed by atoms with Crippen LogP contribution in [0.25, 0.3) is 0 Å². The molecule has 0 fully saturated rings. The fourth-order valence-electron chi connectivity index (χ4n) is 11.3. The molecule has 2 aromatic rings. The summed E-state index contributed by atoms with van der Waals surface area (Å²) in [6.45, 7) is 69.8. The zero-order valence-corrected chi connectivity index (χ0v) is 49.7. The van der Waals surface area contributed by atoms with Gasteiger partial charge in [0.2, 0.25) is 6.37 Å². The van der Waals surface area contributed by atoms with Gasteiger partial charge in [-0.3, -0.25) is 0 Å². The van der Waals surface area contributed by atoms with Crippen molar-refractivity contribution in [3.63, 3.8) is 0 Å². The van der Waals surface area contributed by atoms with Crippen LogP contribution in [0.2, 0.25) is 118 Å². The lowest BCUT2D eigenvalue weighted by Gasteiger charge is -2.48. The molecule has 0 heterocycles. The van der Waals surface area contributed by atoms with Crippen LogP contribution < -0.4 is 10.4 Å². The molecule has 0 saturated heterocycles. The van der Waals surface area contributed by atoms with E-state index in [9.17, 15) is 0 Å². The van der Waals surface area contributed by atoms with E-state index in [2.05, 4.69) is 204 Å². The summed E-state index contributed by atoms with van der Waals surface area (Å²) in [4.78, 5) is 0. The molecular weight excluding hydrogens is 801 g/mol. The fraction of sp³-hybridized carbons (Fsp3) is 0.733. The summed E-state index contributed by atoms with van der Waals surface area (Å²) in [5, 5.41) is 4.98. The summed E-state index contributed by atoms with van der Waals surface area (Å²) in [6.07, 6.45) is -3.03. The van der Waals surface area contributed by atoms with Gasteiger partial charge in [-0.05, 0) is 75.5 Å². The van der Waals surface area contributed by atoms with E-state index >= 15 is 0 Å². The smallest absolute Gasteiger partial charge is 0.181 e. The average molecular weight is 892 g/mol. The minimum absolute atomic E-state index is 0.0398. The monoisotopic (exact) mass is 890 g/mol. The predicted octanol–water partition coefficient (Wildman–Crippen LogP) is 14.5. The number of hydrogen-bond acceptors (Lipinski definition) is 2. The second-order valence-electron chi connectivity index (χ2n) is 26.9. The lowest BCUT2D eigenvalue weighted by molar-refractivity contribution is 0.553. The molecule has 0 aliphatic rings. The van der Waals surface area contributed by atoms with E-state index in [1.807, 2.05) is 0 Å². The Hall–Kier alpha value is 0.658. The molecule has 54 heavy (non-hydrogen) atoms. The SMILES string of the molecule is CC(C)(C)c1cc(C(C)(C)C)c([Si](S)(S)c2c(C([Si](C)(C)C)[Si](C)(C)C)cc(C([Si](C)(C)C)[Si](C)(C)C)cc2C([Si](C)(C)C)[Si](C)(C)C)c(C(C)(C)C)c1. The molecule has 0 aliphatic heterocycles. The minimum atomic E-state index is -3.03. The highest BCUT2D eigenvalue weighted by Crippen LogP contribution is 2.47. The Morgan fingerprint density at radius 1 is 0.370 bits per heavy atom. The molecule has 0 unspecified atom stereocenters. The molecule has 9 heteroatoms. The fourth-order valence-corrected chi connectivity index (χ4v) is 56.1. The molecule has 0 amide bonds. The quantitative estimate of drug-likeness (QED) is 0.163. The predicted molar refractivity (Wildman–Crippen MR) is 280 cm³/mol. The molecule has 2 aromatic carbocycles. The van der Waals surface area contributed by atoms with E-state index in [-0.39, 0.29) is 16.2 Å². The van der Waals surface area contributed by atoms with Crippen LogP contribution in [0.4, 0.5) is 0 Å². The standard InChI is InChI=1S/C45H90S2Si7/c1-43(2,3)33-30-36(44(4,5)6)39(37(31-33)45(7,8)9)54(46,47)38-34(41(50(16,17)18)51(19,20)21)28-32(40(48(10,11)12)49(13,14)15)29-35(38)42(52(22,23)24)53(25,26)27/h28-31,40-42,46-47H,1-27H3. The first-order valence-corrected chi connectivity index (χ1v) is 47.1. The Morgan fingerprint density at radius 2 is 0.630 bits per heavy atom. The van der Waals surface area contributed by atoms with Crippen molar-refractivity contribution in [1.29, 1.82) is 0 Å². The normalized spacial score (nSPS) is 15.3. The molecule has 0 aromatic heterocycles. The Balaban J connectivity index is 3.78. The third kappa shape index (κ3) is 11.5. The Kier molecular flexibility index (Phi) is 14.7. The summed E-state index contributed by atoms with van der Waals surface area (Å²) in [5.41, 5.74) is 9.36. The lowest BCUT2D eigenvalue weighted by Crippen LogP contribution is -2.62. The van der Waals surface area contributed by atoms with Crippen LogP contribution in [0.5, 0.6) is 0 Å². The Bertz CT molecular complexity index is 1520. The van der Waals surface area contributed by atoms with E-state index < -0.39 is 54.8 Å². The molecule has 0 atom stereocenters. The second-order valence-corrected chi connectivity index (χ2v) is 68.0. The molecule has 0 nitrogen and oxygen atoms in total. The molecular formula is C45H90S2Si7. The highest BCUT2D eigenvalue weighted by Gasteiger charge is 2.51. The summed E-state index contributed by atoms with van der Waals surface area (Å²) >= 11 is 12.5. The van der Waals surface area contributed by atoms with Crippen LogP contribution in [-0.4, -0.2) is 54.8 Å². The van der Waals surface area contributed by atoms with E-state index in [4.69, 9.17) is 24.2 Å². The van der Waals surface area contributed by atoms with Crippen LogP contribution in [0.15, 0.2) is 24.3 Å². The number of thiol groups is 2. The molecule has 2 rings (SSSR count). The summed E-state index contributed by atoms with van der Waals surface area (Å²) in [6, 6.07) is 10.9. The summed E-state index contributed by atoms with van der Waals surface area (Å²) in [5.74, 6) is 0. The van der Waals surface area contributed by atoms with Crippen molar-refractivity contribution in [1.82, 2.24) is 0 Å². The first-order valence-electron chi connectivity index (χ1n) is 21.1. The maximum Gasteiger partial charge on any atom is 0.234 e. The molecule has 0 aliphatic carbocycles. The van der Waals surface area contributed by atoms with Gasteiger partial charge in [0.25, 0.3) is 0 Å². The maximum absolute atomic E-state index is 6.27. The first-order chi connectivity index (χ1) is 23.3. The van der Waals surface area contributed by atoms with Crippen molar-refractivity contribution < 1.29 is 0 Å². The first kappa shape index (κ1) is 50.8. The zero-order valence-electron chi connectivity index (χ0n) is 40.9. The van der Waals surface area contributed by atoms with Crippen molar-refractivity contribution in [2.75, 3.05) is 0 Å². The van der Waals surface area contributed by atoms with E-state index in [0.717, 1.165) is 0 Å². The molecule has 0 saturated carbocycles. The molecule has 0 spiro atoms. The highest BCUT2D eigenvalue weighted by atomic mass is 32.5. The van der Waals surface area contributed by atoms with Gasteiger partial charge < -0.3 is 0 Å². The van der Waals surface area contributed by atoms with E-state index in [1.54, 1.807) is 21.9 Å². The largest absolute Gasteiger partial charge is 0.234 e. The van der Waals surface area contributed by atoms with Gasteiger partial charge in [0.05, 0.1) is 0 Å². The van der Waals surface area contributed by atoms with Gasteiger partial charge in [0.1, 0.15) is 0 Å². The molecule has 0 N–H and O–H groups in total. The van der Waals surface area contributed by atoms with Crippen molar-refractivity contribution >= 4 is 89.3 Å². The van der Waals surface area contributed by atoms with Crippen LogP contribution in [-0.2, 0) is 16.2 Å². The minimum Gasteiger partial charge on any atom is -0.181 e. The van der Waals surface area contributed by atoms with Gasteiger partial charge in [-0.1, -0.05) is 204 Å². The van der Waals surface area contributed by atoms with E-state index in [0.29, 0.717) is 15.5 Å². The van der Waals surface area contributed by atoms with Gasteiger partial charge >= 0.3 is 0 Å². The zero-order chi connectivity index (χ0) is 43.2. The van der Waals surface area contributed by atoms with Crippen LogP contribution >= 0.6 is 24.2 Å². The van der Waals surface area contributed by atoms with Gasteiger partial charge in [0, 0.05) is 48.4 Å². The Morgan fingerprint density at radius 3 is 0.833 bits per heavy atom. The number of rotatable bonds is 11. The number of benzene rings is 2.